The van der Waals surface area contributed by atoms with E-state index in [-0.39, 0.29) is 12.5 Å². The van der Waals surface area contributed by atoms with Crippen molar-refractivity contribution >= 4 is 40.5 Å². The van der Waals surface area contributed by atoms with Crippen LogP contribution in [0.4, 0.5) is 5.69 Å². The number of nitrogens with zero attached hydrogens (tertiary/aromatic N) is 2. The zero-order chi connectivity index (χ0) is 18.0. The lowest BCUT2D eigenvalue weighted by Crippen LogP contribution is -2.32. The molecule has 130 valence electrons. The summed E-state index contributed by atoms with van der Waals surface area (Å²) in [5.74, 6) is 1.20. The van der Waals surface area contributed by atoms with Gasteiger partial charge in [0.2, 0.25) is 0 Å². The lowest BCUT2D eigenvalue weighted by molar-refractivity contribution is -0.116. The van der Waals surface area contributed by atoms with Crippen LogP contribution in [-0.2, 0) is 11.3 Å². The zero-order valence-corrected chi connectivity index (χ0v) is 15.4. The molecule has 0 aliphatic carbocycles. The molecule has 5 nitrogen and oxygen atoms in total. The smallest absolute Gasteiger partial charge is 0.252 e. The minimum atomic E-state index is -0.0985. The van der Waals surface area contributed by atoms with E-state index in [4.69, 9.17) is 33.3 Å². The van der Waals surface area contributed by atoms with E-state index in [2.05, 4.69) is 0 Å². The Kier molecular flexibility index (Phi) is 5.11. The molecule has 3 rings (SSSR count). The largest absolute Gasteiger partial charge is 0.493 e. The van der Waals surface area contributed by atoms with E-state index in [9.17, 15) is 4.79 Å². The highest BCUT2D eigenvalue weighted by Crippen LogP contribution is 2.31. The molecule has 1 fully saturated rings. The number of anilines is 1. The third-order valence-corrected chi connectivity index (χ3v) is 4.71. The zero-order valence-electron chi connectivity index (χ0n) is 13.9. The summed E-state index contributed by atoms with van der Waals surface area (Å²) in [5, 5.41) is 0.930. The lowest BCUT2D eigenvalue weighted by Gasteiger charge is -2.21. The molecule has 1 amide bonds. The third-order valence-electron chi connectivity index (χ3n) is 3.95. The number of ether oxygens (including phenoxy) is 2. The molecule has 1 heterocycles. The van der Waals surface area contributed by atoms with Gasteiger partial charge in [0.25, 0.3) is 5.91 Å². The van der Waals surface area contributed by atoms with E-state index in [1.165, 1.54) is 4.90 Å². The summed E-state index contributed by atoms with van der Waals surface area (Å²) >= 11 is 11.7. The van der Waals surface area contributed by atoms with Crippen molar-refractivity contribution in [2.45, 2.75) is 6.54 Å². The maximum atomic E-state index is 12.5. The Hall–Kier alpha value is -2.31. The minimum Gasteiger partial charge on any atom is -0.493 e. The van der Waals surface area contributed by atoms with Crippen LogP contribution < -0.4 is 14.4 Å². The first kappa shape index (κ1) is 17.5. The average Bonchev–Trinajstić information content (AvgIpc) is 2.89. The Labute approximate surface area is 156 Å². The Balaban J connectivity index is 1.82. The van der Waals surface area contributed by atoms with Gasteiger partial charge in [-0.2, -0.15) is 0 Å². The highest BCUT2D eigenvalue weighted by Gasteiger charge is 2.34. The van der Waals surface area contributed by atoms with Crippen LogP contribution in [0.3, 0.4) is 0 Å². The normalized spacial score (nSPS) is 14.2. The van der Waals surface area contributed by atoms with E-state index in [0.717, 1.165) is 5.56 Å². The number of methoxy groups -OCH3 is 2. The molecule has 0 unspecified atom stereocenters. The summed E-state index contributed by atoms with van der Waals surface area (Å²) in [5.41, 5.74) is 1.57. The van der Waals surface area contributed by atoms with Gasteiger partial charge in [-0.15, -0.1) is 0 Å². The van der Waals surface area contributed by atoms with E-state index in [1.54, 1.807) is 26.4 Å². The number of benzene rings is 2. The van der Waals surface area contributed by atoms with Crippen molar-refractivity contribution in [3.63, 3.8) is 0 Å². The molecule has 0 spiro atoms. The topological polar surface area (TPSA) is 42.0 Å². The van der Waals surface area contributed by atoms with Gasteiger partial charge >= 0.3 is 0 Å². The number of rotatable bonds is 5. The van der Waals surface area contributed by atoms with Gasteiger partial charge < -0.3 is 14.4 Å². The van der Waals surface area contributed by atoms with Crippen molar-refractivity contribution in [1.82, 2.24) is 4.90 Å². The summed E-state index contributed by atoms with van der Waals surface area (Å²) in [6, 6.07) is 12.8. The van der Waals surface area contributed by atoms with Crippen LogP contribution in [0.15, 0.2) is 42.5 Å². The summed E-state index contributed by atoms with van der Waals surface area (Å²) in [6.07, 6.45) is 0. The van der Waals surface area contributed by atoms with Crippen molar-refractivity contribution in [3.8, 4) is 11.5 Å². The third kappa shape index (κ3) is 3.41. The van der Waals surface area contributed by atoms with E-state index in [1.807, 2.05) is 35.2 Å². The van der Waals surface area contributed by atoms with E-state index in [0.29, 0.717) is 33.9 Å². The van der Waals surface area contributed by atoms with Gasteiger partial charge in [-0.25, -0.2) is 0 Å². The monoisotopic (exact) mass is 376 g/mol. The first-order valence-corrected chi connectivity index (χ1v) is 8.41. The summed E-state index contributed by atoms with van der Waals surface area (Å²) in [7, 11) is 3.18. The fraction of sp³-hybridized carbons (Fsp3) is 0.222. The molecule has 1 aliphatic rings. The fourth-order valence-corrected chi connectivity index (χ4v) is 3.29. The Morgan fingerprint density at radius 1 is 1.12 bits per heavy atom. The molecule has 0 atom stereocenters. The minimum absolute atomic E-state index is 0.0985. The van der Waals surface area contributed by atoms with Crippen LogP contribution in [0, 0.1) is 0 Å². The molecule has 0 saturated carbocycles. The predicted octanol–water partition coefficient (Wildman–Crippen LogP) is 3.49. The second kappa shape index (κ2) is 7.29. The Bertz CT molecular complexity index is 828. The second-order valence-electron chi connectivity index (χ2n) is 5.51. The highest BCUT2D eigenvalue weighted by atomic mass is 35.5. The van der Waals surface area contributed by atoms with Gasteiger partial charge in [0.15, 0.2) is 16.6 Å². The van der Waals surface area contributed by atoms with Gasteiger partial charge in [0.05, 0.1) is 24.9 Å². The number of hydrogen-bond donors (Lipinski definition) is 0. The Morgan fingerprint density at radius 3 is 2.52 bits per heavy atom. The van der Waals surface area contributed by atoms with Gasteiger partial charge in [-0.1, -0.05) is 29.8 Å². The van der Waals surface area contributed by atoms with Crippen LogP contribution >= 0.6 is 23.8 Å². The number of amides is 1. The molecule has 7 heteroatoms. The molecule has 25 heavy (non-hydrogen) atoms. The standard InChI is InChI=1S/C18H17ClN2O3S/c1-23-15-8-7-12(9-16(15)24-2)10-20-11-17(22)21(18(20)25)14-6-4-3-5-13(14)19/h3-9H,10-11H2,1-2H3. The molecule has 1 saturated heterocycles. The first-order chi connectivity index (χ1) is 12.0. The van der Waals surface area contributed by atoms with Crippen molar-refractivity contribution in [3.05, 3.63) is 53.1 Å². The molecule has 0 bridgehead atoms. The van der Waals surface area contributed by atoms with Crippen molar-refractivity contribution in [2.75, 3.05) is 25.7 Å². The van der Waals surface area contributed by atoms with E-state index < -0.39 is 0 Å². The van der Waals surface area contributed by atoms with Crippen LogP contribution in [0.2, 0.25) is 5.02 Å². The van der Waals surface area contributed by atoms with Crippen LogP contribution in [0.1, 0.15) is 5.56 Å². The number of hydrogen-bond acceptors (Lipinski definition) is 4. The van der Waals surface area contributed by atoms with Crippen LogP contribution in [0.5, 0.6) is 11.5 Å². The number of halogens is 1. The summed E-state index contributed by atoms with van der Waals surface area (Å²) in [4.78, 5) is 15.8. The maximum absolute atomic E-state index is 12.5. The number of thiocarbonyl (C=S) groups is 1. The molecule has 0 aromatic heterocycles. The molecule has 0 N–H and O–H groups in total. The molecule has 2 aromatic carbocycles. The van der Waals surface area contributed by atoms with Gasteiger partial charge in [0.1, 0.15) is 6.54 Å². The number of para-hydroxylation sites is 1. The maximum Gasteiger partial charge on any atom is 0.252 e. The SMILES string of the molecule is COc1ccc(CN2CC(=O)N(c3ccccc3Cl)C2=S)cc1OC. The fourth-order valence-electron chi connectivity index (χ4n) is 2.74. The predicted molar refractivity (Wildman–Crippen MR) is 101 cm³/mol. The lowest BCUT2D eigenvalue weighted by atomic mass is 10.2. The highest BCUT2D eigenvalue weighted by molar-refractivity contribution is 7.80. The van der Waals surface area contributed by atoms with Crippen molar-refractivity contribution in [2.24, 2.45) is 0 Å². The van der Waals surface area contributed by atoms with Gasteiger partial charge in [-0.3, -0.25) is 9.69 Å². The molecule has 0 radical (unpaired) electrons. The average molecular weight is 377 g/mol. The number of carbonyl (C=O) groups excluding carboxylic acids is 1. The van der Waals surface area contributed by atoms with E-state index >= 15 is 0 Å². The summed E-state index contributed by atoms with van der Waals surface area (Å²) in [6.45, 7) is 0.699. The van der Waals surface area contributed by atoms with Crippen LogP contribution in [-0.4, -0.2) is 36.7 Å². The number of carbonyl (C=O) groups is 1. The first-order valence-electron chi connectivity index (χ1n) is 7.62. The van der Waals surface area contributed by atoms with Crippen LogP contribution in [0.25, 0.3) is 0 Å². The second-order valence-corrected chi connectivity index (χ2v) is 6.28. The molecule has 2 aromatic rings. The molecular weight excluding hydrogens is 360 g/mol. The van der Waals surface area contributed by atoms with Crippen molar-refractivity contribution in [1.29, 1.82) is 0 Å². The van der Waals surface area contributed by atoms with Crippen molar-refractivity contribution < 1.29 is 14.3 Å². The van der Waals surface area contributed by atoms with Gasteiger partial charge in [-0.05, 0) is 42.0 Å². The van der Waals surface area contributed by atoms with Gasteiger partial charge in [0, 0.05) is 6.54 Å². The molecule has 1 aliphatic heterocycles. The summed E-state index contributed by atoms with van der Waals surface area (Å²) < 4.78 is 10.6. The Morgan fingerprint density at radius 2 is 1.84 bits per heavy atom. The quantitative estimate of drug-likeness (QED) is 0.747. The molecular formula is C18H17ClN2O3S.